The second-order valence-corrected chi connectivity index (χ2v) is 7.04. The first-order valence-electron chi connectivity index (χ1n) is 9.13. The molecule has 2 heterocycles. The van der Waals surface area contributed by atoms with Gasteiger partial charge in [0.1, 0.15) is 0 Å². The Hall–Kier alpha value is -1.75. The van der Waals surface area contributed by atoms with E-state index in [9.17, 15) is 4.79 Å². The van der Waals surface area contributed by atoms with Crippen LogP contribution in [0.15, 0.2) is 24.3 Å². The number of piperazine rings is 1. The van der Waals surface area contributed by atoms with Crippen LogP contribution in [-0.2, 0) is 4.74 Å². The number of amides is 2. The van der Waals surface area contributed by atoms with Crippen molar-refractivity contribution in [3.05, 3.63) is 29.8 Å². The van der Waals surface area contributed by atoms with Crippen LogP contribution in [-0.4, -0.2) is 56.4 Å². The molecule has 0 radical (unpaired) electrons. The monoisotopic (exact) mass is 331 g/mol. The molecule has 24 heavy (non-hydrogen) atoms. The summed E-state index contributed by atoms with van der Waals surface area (Å²) in [5.74, 6) is 0.559. The number of rotatable bonds is 4. The van der Waals surface area contributed by atoms with Crippen molar-refractivity contribution in [2.45, 2.75) is 38.7 Å². The van der Waals surface area contributed by atoms with E-state index in [1.807, 2.05) is 4.90 Å². The summed E-state index contributed by atoms with van der Waals surface area (Å²) in [6.45, 7) is 9.19. The Morgan fingerprint density at radius 1 is 1.21 bits per heavy atom. The molecule has 0 aromatic heterocycles. The number of hydrogen-bond donors (Lipinski definition) is 1. The molecular formula is C19H29N3O2. The highest BCUT2D eigenvalue weighted by Crippen LogP contribution is 2.21. The zero-order valence-corrected chi connectivity index (χ0v) is 14.8. The van der Waals surface area contributed by atoms with Gasteiger partial charge in [0, 0.05) is 45.0 Å². The molecule has 132 valence electrons. The molecule has 2 fully saturated rings. The normalized spacial score (nSPS) is 21.4. The molecule has 0 saturated carbocycles. The molecule has 1 unspecified atom stereocenters. The summed E-state index contributed by atoms with van der Waals surface area (Å²) >= 11 is 0. The fraction of sp³-hybridized carbons (Fsp3) is 0.632. The summed E-state index contributed by atoms with van der Waals surface area (Å²) in [6.07, 6.45) is 2.37. The first-order chi connectivity index (χ1) is 11.6. The van der Waals surface area contributed by atoms with E-state index in [4.69, 9.17) is 4.74 Å². The first kappa shape index (κ1) is 17.1. The number of ether oxygens (including phenoxy) is 1. The highest BCUT2D eigenvalue weighted by Gasteiger charge is 2.23. The van der Waals surface area contributed by atoms with Crippen LogP contribution < -0.4 is 10.2 Å². The molecule has 2 aliphatic heterocycles. The van der Waals surface area contributed by atoms with Crippen LogP contribution in [0.4, 0.5) is 10.5 Å². The Bertz CT molecular complexity index is 530. The van der Waals surface area contributed by atoms with E-state index in [0.717, 1.165) is 45.6 Å². The van der Waals surface area contributed by atoms with Crippen molar-refractivity contribution in [1.29, 1.82) is 0 Å². The van der Waals surface area contributed by atoms with Crippen LogP contribution >= 0.6 is 0 Å². The second kappa shape index (κ2) is 7.88. The van der Waals surface area contributed by atoms with Gasteiger partial charge in [-0.1, -0.05) is 26.0 Å². The second-order valence-electron chi connectivity index (χ2n) is 7.04. The smallest absolute Gasteiger partial charge is 0.317 e. The Kier molecular flexibility index (Phi) is 5.61. The summed E-state index contributed by atoms with van der Waals surface area (Å²) in [4.78, 5) is 16.5. The van der Waals surface area contributed by atoms with Crippen molar-refractivity contribution in [1.82, 2.24) is 10.2 Å². The van der Waals surface area contributed by atoms with Gasteiger partial charge in [-0.25, -0.2) is 4.79 Å². The molecule has 0 spiro atoms. The quantitative estimate of drug-likeness (QED) is 0.923. The van der Waals surface area contributed by atoms with E-state index >= 15 is 0 Å². The van der Waals surface area contributed by atoms with Gasteiger partial charge in [-0.05, 0) is 36.5 Å². The molecule has 2 saturated heterocycles. The van der Waals surface area contributed by atoms with Gasteiger partial charge in [-0.15, -0.1) is 0 Å². The molecule has 5 nitrogen and oxygen atoms in total. The third-order valence-corrected chi connectivity index (χ3v) is 5.00. The average Bonchev–Trinajstić information content (AvgIpc) is 3.13. The van der Waals surface area contributed by atoms with E-state index in [0.29, 0.717) is 12.5 Å². The first-order valence-corrected chi connectivity index (χ1v) is 9.13. The van der Waals surface area contributed by atoms with Crippen molar-refractivity contribution < 1.29 is 9.53 Å². The number of urea groups is 1. The zero-order valence-electron chi connectivity index (χ0n) is 14.8. The highest BCUT2D eigenvalue weighted by atomic mass is 16.5. The molecule has 2 amide bonds. The predicted molar refractivity (Wildman–Crippen MR) is 96.7 cm³/mol. The molecule has 1 atom stereocenters. The molecule has 1 aromatic rings. The van der Waals surface area contributed by atoms with Crippen molar-refractivity contribution in [3.63, 3.8) is 0 Å². The van der Waals surface area contributed by atoms with Gasteiger partial charge >= 0.3 is 6.03 Å². The Morgan fingerprint density at radius 3 is 2.50 bits per heavy atom. The maximum atomic E-state index is 12.3. The molecule has 5 heteroatoms. The topological polar surface area (TPSA) is 44.8 Å². The lowest BCUT2D eigenvalue weighted by Crippen LogP contribution is -2.52. The Balaban J connectivity index is 1.45. The summed E-state index contributed by atoms with van der Waals surface area (Å²) in [7, 11) is 0. The van der Waals surface area contributed by atoms with Crippen LogP contribution in [0.1, 0.15) is 38.2 Å². The van der Waals surface area contributed by atoms with Crippen molar-refractivity contribution in [2.75, 3.05) is 44.2 Å². The summed E-state index contributed by atoms with van der Waals surface area (Å²) in [5, 5.41) is 3.01. The van der Waals surface area contributed by atoms with E-state index in [-0.39, 0.29) is 12.1 Å². The fourth-order valence-corrected chi connectivity index (χ4v) is 3.36. The Morgan fingerprint density at radius 2 is 1.92 bits per heavy atom. The largest absolute Gasteiger partial charge is 0.376 e. The maximum absolute atomic E-state index is 12.3. The van der Waals surface area contributed by atoms with Gasteiger partial charge in [-0.3, -0.25) is 0 Å². The van der Waals surface area contributed by atoms with Crippen LogP contribution in [0.5, 0.6) is 0 Å². The van der Waals surface area contributed by atoms with Gasteiger partial charge in [0.15, 0.2) is 0 Å². The minimum absolute atomic E-state index is 0.0419. The van der Waals surface area contributed by atoms with E-state index in [2.05, 4.69) is 48.3 Å². The number of carbonyl (C=O) groups excluding carboxylic acids is 1. The standard InChI is InChI=1S/C19H29N3O2/c1-15(2)16-5-7-17(8-6-16)21-9-11-22(12-10-21)19(23)20-14-18-4-3-13-24-18/h5-8,15,18H,3-4,9-14H2,1-2H3,(H,20,23). The molecule has 0 bridgehead atoms. The summed E-state index contributed by atoms with van der Waals surface area (Å²) in [6, 6.07) is 8.85. The fourth-order valence-electron chi connectivity index (χ4n) is 3.36. The summed E-state index contributed by atoms with van der Waals surface area (Å²) in [5.41, 5.74) is 2.62. The predicted octanol–water partition coefficient (Wildman–Crippen LogP) is 2.82. The number of nitrogens with zero attached hydrogens (tertiary/aromatic N) is 2. The van der Waals surface area contributed by atoms with E-state index in [1.165, 1.54) is 11.3 Å². The van der Waals surface area contributed by atoms with Gasteiger partial charge in [0.25, 0.3) is 0 Å². The minimum atomic E-state index is 0.0419. The third-order valence-electron chi connectivity index (χ3n) is 5.00. The lowest BCUT2D eigenvalue weighted by molar-refractivity contribution is 0.108. The summed E-state index contributed by atoms with van der Waals surface area (Å²) < 4.78 is 5.55. The molecule has 1 aromatic carbocycles. The highest BCUT2D eigenvalue weighted by molar-refractivity contribution is 5.74. The van der Waals surface area contributed by atoms with Crippen LogP contribution in [0.25, 0.3) is 0 Å². The zero-order chi connectivity index (χ0) is 16.9. The molecular weight excluding hydrogens is 302 g/mol. The Labute approximate surface area is 145 Å². The number of anilines is 1. The molecule has 1 N–H and O–H groups in total. The van der Waals surface area contributed by atoms with Gasteiger partial charge in [0.2, 0.25) is 0 Å². The molecule has 0 aliphatic carbocycles. The lowest BCUT2D eigenvalue weighted by Gasteiger charge is -2.36. The van der Waals surface area contributed by atoms with Crippen molar-refractivity contribution in [3.8, 4) is 0 Å². The number of hydrogen-bond acceptors (Lipinski definition) is 3. The molecule has 2 aliphatic rings. The maximum Gasteiger partial charge on any atom is 0.317 e. The minimum Gasteiger partial charge on any atom is -0.376 e. The van der Waals surface area contributed by atoms with Gasteiger partial charge in [-0.2, -0.15) is 0 Å². The molecule has 3 rings (SSSR count). The van der Waals surface area contributed by atoms with E-state index < -0.39 is 0 Å². The van der Waals surface area contributed by atoms with Crippen LogP contribution in [0.2, 0.25) is 0 Å². The van der Waals surface area contributed by atoms with E-state index in [1.54, 1.807) is 0 Å². The van der Waals surface area contributed by atoms with Gasteiger partial charge in [0.05, 0.1) is 6.10 Å². The third kappa shape index (κ3) is 4.20. The number of nitrogens with one attached hydrogen (secondary N) is 1. The van der Waals surface area contributed by atoms with Gasteiger partial charge < -0.3 is 19.9 Å². The van der Waals surface area contributed by atoms with Crippen LogP contribution in [0.3, 0.4) is 0 Å². The van der Waals surface area contributed by atoms with Crippen molar-refractivity contribution in [2.24, 2.45) is 0 Å². The number of benzene rings is 1. The lowest BCUT2D eigenvalue weighted by atomic mass is 10.0. The SMILES string of the molecule is CC(C)c1ccc(N2CCN(C(=O)NCC3CCCO3)CC2)cc1. The average molecular weight is 331 g/mol. The van der Waals surface area contributed by atoms with Crippen molar-refractivity contribution >= 4 is 11.7 Å². The number of carbonyl (C=O) groups is 1. The van der Waals surface area contributed by atoms with Crippen LogP contribution in [0, 0.1) is 0 Å².